The van der Waals surface area contributed by atoms with E-state index in [1.807, 2.05) is 6.92 Å². The molecule has 0 aromatic heterocycles. The number of ketones is 1. The lowest BCUT2D eigenvalue weighted by Gasteiger charge is -2.60. The van der Waals surface area contributed by atoms with Crippen LogP contribution in [-0.4, -0.2) is 17.9 Å². The van der Waals surface area contributed by atoms with Crippen molar-refractivity contribution in [3.05, 3.63) is 11.6 Å². The Labute approximate surface area is 182 Å². The van der Waals surface area contributed by atoms with Gasteiger partial charge in [-0.25, -0.2) is 0 Å². The number of carbonyl (C=O) groups excluding carboxylic acids is 2. The second kappa shape index (κ2) is 6.94. The number of ether oxygens (including phenoxy) is 1. The monoisotopic (exact) mass is 412 g/mol. The molecule has 0 aliphatic heterocycles. The van der Waals surface area contributed by atoms with Gasteiger partial charge in [0.15, 0.2) is 0 Å². The molecule has 0 unspecified atom stereocenters. The Morgan fingerprint density at radius 2 is 1.80 bits per heavy atom. The summed E-state index contributed by atoms with van der Waals surface area (Å²) in [5.74, 6) is 3.13. The van der Waals surface area contributed by atoms with E-state index in [0.717, 1.165) is 37.5 Å². The first kappa shape index (κ1) is 20.8. The van der Waals surface area contributed by atoms with Crippen molar-refractivity contribution < 1.29 is 14.3 Å². The molecular formula is C27H40O3. The van der Waals surface area contributed by atoms with Gasteiger partial charge in [-0.05, 0) is 92.8 Å². The predicted octanol–water partition coefficient (Wildman–Crippen LogP) is 6.26. The fourth-order valence-corrected chi connectivity index (χ4v) is 9.76. The average molecular weight is 413 g/mol. The van der Waals surface area contributed by atoms with Gasteiger partial charge in [0.05, 0.1) is 0 Å². The van der Waals surface area contributed by atoms with Gasteiger partial charge in [-0.15, -0.1) is 0 Å². The number of hydrogen-bond donors (Lipinski definition) is 0. The summed E-state index contributed by atoms with van der Waals surface area (Å²) in [5.41, 5.74) is 1.97. The van der Waals surface area contributed by atoms with Crippen LogP contribution < -0.4 is 0 Å². The van der Waals surface area contributed by atoms with Crippen LogP contribution in [0.1, 0.15) is 98.3 Å². The number of fused-ring (bicyclic) bond motifs is 7. The molecule has 0 radical (unpaired) electrons. The van der Waals surface area contributed by atoms with Gasteiger partial charge in [-0.2, -0.15) is 0 Å². The Kier molecular flexibility index (Phi) is 4.80. The number of allylic oxidation sites excluding steroid dienone is 1. The van der Waals surface area contributed by atoms with Gasteiger partial charge < -0.3 is 4.74 Å². The SMILES string of the molecule is CC(=O)O[C@@H]1CC[C@@]2(C)C(=CC[C@@H]3[C@H]2CC[C@@]2(C)[C@H]3C[C@H]3CCCC[C@]32C(C)=O)C1. The summed E-state index contributed by atoms with van der Waals surface area (Å²) < 4.78 is 5.59. The number of carbonyl (C=O) groups is 2. The van der Waals surface area contributed by atoms with E-state index in [1.165, 1.54) is 51.9 Å². The van der Waals surface area contributed by atoms with Crippen LogP contribution in [0, 0.1) is 39.9 Å². The minimum Gasteiger partial charge on any atom is -0.462 e. The lowest BCUT2D eigenvalue weighted by atomic mass is 9.44. The molecule has 0 heterocycles. The van der Waals surface area contributed by atoms with Crippen molar-refractivity contribution in [2.75, 3.05) is 0 Å². The third-order valence-electron chi connectivity index (χ3n) is 11.0. The molecule has 3 nitrogen and oxygen atoms in total. The minimum atomic E-state index is -0.144. The molecule has 5 rings (SSSR count). The first-order valence-electron chi connectivity index (χ1n) is 12.6. The van der Waals surface area contributed by atoms with Gasteiger partial charge in [-0.3, -0.25) is 9.59 Å². The van der Waals surface area contributed by atoms with Crippen molar-refractivity contribution in [2.45, 2.75) is 104 Å². The van der Waals surface area contributed by atoms with Crippen molar-refractivity contribution in [1.82, 2.24) is 0 Å². The third-order valence-corrected chi connectivity index (χ3v) is 11.0. The minimum absolute atomic E-state index is 0.0429. The predicted molar refractivity (Wildman–Crippen MR) is 118 cm³/mol. The molecule has 5 aliphatic carbocycles. The Morgan fingerprint density at radius 3 is 2.53 bits per heavy atom. The van der Waals surface area contributed by atoms with Crippen LogP contribution >= 0.6 is 0 Å². The molecule has 0 spiro atoms. The van der Waals surface area contributed by atoms with E-state index in [1.54, 1.807) is 5.57 Å². The molecule has 4 saturated carbocycles. The number of hydrogen-bond acceptors (Lipinski definition) is 3. The lowest BCUT2D eigenvalue weighted by Crippen LogP contribution is -2.55. The maximum atomic E-state index is 13.2. The van der Waals surface area contributed by atoms with Crippen molar-refractivity contribution in [1.29, 1.82) is 0 Å². The van der Waals surface area contributed by atoms with E-state index in [9.17, 15) is 9.59 Å². The Balaban J connectivity index is 1.46. The van der Waals surface area contributed by atoms with E-state index in [-0.39, 0.29) is 28.3 Å². The average Bonchev–Trinajstić information content (AvgIpc) is 2.98. The molecular weight excluding hydrogens is 372 g/mol. The number of rotatable bonds is 2. The molecule has 0 aromatic carbocycles. The zero-order valence-corrected chi connectivity index (χ0v) is 19.5. The standard InChI is InChI=1S/C27H40O3/c1-17(28)27-12-6-5-7-20(27)16-24-22-9-8-19-15-21(30-18(2)29)10-13-25(19,3)23(22)11-14-26(24,27)4/h8,20-24H,5-7,9-16H2,1-4H3/t20-,21-,22-,23-,24+,25+,26+,27+/m1/s1. The van der Waals surface area contributed by atoms with Crippen molar-refractivity contribution >= 4 is 11.8 Å². The highest BCUT2D eigenvalue weighted by atomic mass is 16.5. The highest BCUT2D eigenvalue weighted by molar-refractivity contribution is 5.84. The van der Waals surface area contributed by atoms with Gasteiger partial charge in [0.2, 0.25) is 0 Å². The Morgan fingerprint density at radius 1 is 1.00 bits per heavy atom. The summed E-state index contributed by atoms with van der Waals surface area (Å²) in [5, 5.41) is 0. The lowest BCUT2D eigenvalue weighted by molar-refractivity contribution is -0.151. The van der Waals surface area contributed by atoms with Crippen molar-refractivity contribution in [3.8, 4) is 0 Å². The van der Waals surface area contributed by atoms with Crippen molar-refractivity contribution in [2.24, 2.45) is 39.9 Å². The van der Waals surface area contributed by atoms with Gasteiger partial charge in [-0.1, -0.05) is 38.3 Å². The first-order chi connectivity index (χ1) is 14.2. The smallest absolute Gasteiger partial charge is 0.302 e. The summed E-state index contributed by atoms with van der Waals surface area (Å²) in [7, 11) is 0. The van der Waals surface area contributed by atoms with E-state index in [0.29, 0.717) is 17.6 Å². The number of esters is 1. The van der Waals surface area contributed by atoms with Crippen LogP contribution in [0.25, 0.3) is 0 Å². The Hall–Kier alpha value is -1.12. The van der Waals surface area contributed by atoms with E-state index in [4.69, 9.17) is 4.74 Å². The van der Waals surface area contributed by atoms with Crippen LogP contribution in [0.2, 0.25) is 0 Å². The van der Waals surface area contributed by atoms with Crippen LogP contribution in [0.4, 0.5) is 0 Å². The molecule has 0 bridgehead atoms. The maximum Gasteiger partial charge on any atom is 0.302 e. The topological polar surface area (TPSA) is 43.4 Å². The molecule has 8 atom stereocenters. The summed E-state index contributed by atoms with van der Waals surface area (Å²) in [6, 6.07) is 0. The van der Waals surface area contributed by atoms with E-state index >= 15 is 0 Å². The van der Waals surface area contributed by atoms with Crippen LogP contribution in [-0.2, 0) is 14.3 Å². The third kappa shape index (κ3) is 2.62. The second-order valence-electron chi connectivity index (χ2n) is 11.9. The molecule has 4 fully saturated rings. The van der Waals surface area contributed by atoms with Crippen molar-refractivity contribution in [3.63, 3.8) is 0 Å². The zero-order chi connectivity index (χ0) is 21.3. The molecule has 0 aromatic rings. The summed E-state index contributed by atoms with van der Waals surface area (Å²) in [4.78, 5) is 24.7. The van der Waals surface area contributed by atoms with Gasteiger partial charge >= 0.3 is 5.97 Å². The van der Waals surface area contributed by atoms with Crippen LogP contribution in [0.3, 0.4) is 0 Å². The highest BCUT2D eigenvalue weighted by Gasteiger charge is 2.68. The van der Waals surface area contributed by atoms with Crippen LogP contribution in [0.15, 0.2) is 11.6 Å². The molecule has 0 amide bonds. The maximum absolute atomic E-state index is 13.2. The normalized spacial score (nSPS) is 49.7. The largest absolute Gasteiger partial charge is 0.462 e. The molecule has 30 heavy (non-hydrogen) atoms. The fourth-order valence-electron chi connectivity index (χ4n) is 9.76. The first-order valence-corrected chi connectivity index (χ1v) is 12.6. The molecule has 0 N–H and O–H groups in total. The summed E-state index contributed by atoms with van der Waals surface area (Å²) in [6.45, 7) is 8.46. The highest BCUT2D eigenvalue weighted by Crippen LogP contribution is 2.73. The van der Waals surface area contributed by atoms with Crippen LogP contribution in [0.5, 0.6) is 0 Å². The molecule has 166 valence electrons. The van der Waals surface area contributed by atoms with Gasteiger partial charge in [0.1, 0.15) is 11.9 Å². The fraction of sp³-hybridized carbons (Fsp3) is 0.852. The van der Waals surface area contributed by atoms with Gasteiger partial charge in [0, 0.05) is 18.8 Å². The number of Topliss-reactive ketones (excluding diaryl/α,β-unsaturated/α-hetero) is 1. The van der Waals surface area contributed by atoms with Gasteiger partial charge in [0.25, 0.3) is 0 Å². The molecule has 5 aliphatic rings. The van der Waals surface area contributed by atoms with E-state index in [2.05, 4.69) is 19.9 Å². The zero-order valence-electron chi connectivity index (χ0n) is 19.5. The second-order valence-corrected chi connectivity index (χ2v) is 11.9. The summed E-state index contributed by atoms with van der Waals surface area (Å²) in [6.07, 6.45) is 15.6. The molecule has 0 saturated heterocycles. The Bertz CT molecular complexity index is 783. The summed E-state index contributed by atoms with van der Waals surface area (Å²) >= 11 is 0. The molecule has 3 heteroatoms. The van der Waals surface area contributed by atoms with E-state index < -0.39 is 0 Å². The quantitative estimate of drug-likeness (QED) is 0.397.